The average Bonchev–Trinajstić information content (AvgIpc) is 2.21. The molecule has 0 amide bonds. The lowest BCUT2D eigenvalue weighted by Gasteiger charge is -2.24. The summed E-state index contributed by atoms with van der Waals surface area (Å²) in [5.41, 5.74) is 3.85. The highest BCUT2D eigenvalue weighted by molar-refractivity contribution is 5.55. The molecule has 1 aromatic rings. The van der Waals surface area contributed by atoms with Crippen LogP contribution in [0.5, 0.6) is 0 Å². The molecule has 0 aliphatic carbocycles. The highest BCUT2D eigenvalue weighted by Gasteiger charge is 2.05. The SMILES string of the molecule is C=CCN(CC=C)c1cc(C)ccc1C. The number of aryl methyl sites for hydroxylation is 2. The van der Waals surface area contributed by atoms with Crippen LogP contribution < -0.4 is 4.90 Å². The first-order chi connectivity index (χ1) is 7.19. The van der Waals surface area contributed by atoms with E-state index in [1.54, 1.807) is 0 Å². The molecule has 0 atom stereocenters. The van der Waals surface area contributed by atoms with Crippen molar-refractivity contribution in [3.8, 4) is 0 Å². The van der Waals surface area contributed by atoms with Gasteiger partial charge < -0.3 is 4.90 Å². The van der Waals surface area contributed by atoms with E-state index in [-0.39, 0.29) is 0 Å². The lowest BCUT2D eigenvalue weighted by atomic mass is 10.1. The summed E-state index contributed by atoms with van der Waals surface area (Å²) in [7, 11) is 0. The van der Waals surface area contributed by atoms with Gasteiger partial charge in [-0.15, -0.1) is 13.2 Å². The van der Waals surface area contributed by atoms with Gasteiger partial charge in [-0.2, -0.15) is 0 Å². The van der Waals surface area contributed by atoms with E-state index in [1.165, 1.54) is 16.8 Å². The molecular formula is C14H19N. The van der Waals surface area contributed by atoms with Crippen LogP contribution in [0.25, 0.3) is 0 Å². The first-order valence-corrected chi connectivity index (χ1v) is 5.23. The summed E-state index contributed by atoms with van der Waals surface area (Å²) in [6, 6.07) is 6.50. The van der Waals surface area contributed by atoms with Crippen LogP contribution in [-0.4, -0.2) is 13.1 Å². The molecule has 0 saturated carbocycles. The Kier molecular flexibility index (Phi) is 4.17. The van der Waals surface area contributed by atoms with Crippen molar-refractivity contribution in [1.29, 1.82) is 0 Å². The Labute approximate surface area is 92.7 Å². The third-order valence-corrected chi connectivity index (χ3v) is 2.40. The lowest BCUT2D eigenvalue weighted by molar-refractivity contribution is 0.948. The molecule has 0 aromatic heterocycles. The fraction of sp³-hybridized carbons (Fsp3) is 0.286. The van der Waals surface area contributed by atoms with Crippen molar-refractivity contribution in [2.75, 3.05) is 18.0 Å². The van der Waals surface area contributed by atoms with Crippen LogP contribution in [0.15, 0.2) is 43.5 Å². The van der Waals surface area contributed by atoms with Crippen molar-refractivity contribution >= 4 is 5.69 Å². The van der Waals surface area contributed by atoms with Gasteiger partial charge >= 0.3 is 0 Å². The Morgan fingerprint density at radius 2 is 1.73 bits per heavy atom. The van der Waals surface area contributed by atoms with Gasteiger partial charge in [-0.05, 0) is 31.0 Å². The summed E-state index contributed by atoms with van der Waals surface area (Å²) in [5, 5.41) is 0. The molecule has 15 heavy (non-hydrogen) atoms. The largest absolute Gasteiger partial charge is 0.364 e. The predicted molar refractivity (Wildman–Crippen MR) is 68.5 cm³/mol. The first kappa shape index (κ1) is 11.6. The van der Waals surface area contributed by atoms with Crippen molar-refractivity contribution in [1.82, 2.24) is 0 Å². The maximum absolute atomic E-state index is 3.78. The molecule has 0 radical (unpaired) electrons. The summed E-state index contributed by atoms with van der Waals surface area (Å²) in [5.74, 6) is 0. The predicted octanol–water partition coefficient (Wildman–Crippen LogP) is 3.48. The number of anilines is 1. The van der Waals surface area contributed by atoms with Gasteiger partial charge in [0, 0.05) is 18.8 Å². The number of hydrogen-bond donors (Lipinski definition) is 0. The molecule has 0 aliphatic rings. The van der Waals surface area contributed by atoms with Crippen LogP contribution in [0.2, 0.25) is 0 Å². The van der Waals surface area contributed by atoms with E-state index in [4.69, 9.17) is 0 Å². The second-order valence-electron chi connectivity index (χ2n) is 3.77. The average molecular weight is 201 g/mol. The van der Waals surface area contributed by atoms with Gasteiger partial charge in [-0.25, -0.2) is 0 Å². The van der Waals surface area contributed by atoms with Gasteiger partial charge in [0.15, 0.2) is 0 Å². The van der Waals surface area contributed by atoms with Gasteiger partial charge in [-0.1, -0.05) is 24.3 Å². The van der Waals surface area contributed by atoms with Crippen molar-refractivity contribution in [3.05, 3.63) is 54.6 Å². The van der Waals surface area contributed by atoms with E-state index in [0.717, 1.165) is 13.1 Å². The third kappa shape index (κ3) is 2.98. The summed E-state index contributed by atoms with van der Waals surface area (Å²) < 4.78 is 0. The zero-order valence-electron chi connectivity index (χ0n) is 9.66. The molecule has 0 bridgehead atoms. The van der Waals surface area contributed by atoms with Gasteiger partial charge in [-0.3, -0.25) is 0 Å². The van der Waals surface area contributed by atoms with E-state index in [0.29, 0.717) is 0 Å². The maximum Gasteiger partial charge on any atom is 0.0404 e. The second kappa shape index (κ2) is 5.40. The lowest BCUT2D eigenvalue weighted by Crippen LogP contribution is -2.23. The summed E-state index contributed by atoms with van der Waals surface area (Å²) >= 11 is 0. The summed E-state index contributed by atoms with van der Waals surface area (Å²) in [6.45, 7) is 13.5. The minimum atomic E-state index is 0.857. The fourth-order valence-electron chi connectivity index (χ4n) is 1.64. The first-order valence-electron chi connectivity index (χ1n) is 5.23. The van der Waals surface area contributed by atoms with Gasteiger partial charge in [0.05, 0.1) is 0 Å². The van der Waals surface area contributed by atoms with Crippen molar-refractivity contribution < 1.29 is 0 Å². The molecule has 0 spiro atoms. The van der Waals surface area contributed by atoms with Gasteiger partial charge in [0.1, 0.15) is 0 Å². The van der Waals surface area contributed by atoms with Crippen LogP contribution in [0, 0.1) is 13.8 Å². The molecule has 0 saturated heterocycles. The van der Waals surface area contributed by atoms with Crippen LogP contribution in [0.4, 0.5) is 5.69 Å². The second-order valence-corrected chi connectivity index (χ2v) is 3.77. The molecule has 1 heteroatoms. The van der Waals surface area contributed by atoms with Crippen LogP contribution in [-0.2, 0) is 0 Å². The van der Waals surface area contributed by atoms with E-state index < -0.39 is 0 Å². The molecule has 0 fully saturated rings. The van der Waals surface area contributed by atoms with Crippen LogP contribution in [0.3, 0.4) is 0 Å². The maximum atomic E-state index is 3.78. The van der Waals surface area contributed by atoms with E-state index in [9.17, 15) is 0 Å². The molecule has 0 aliphatic heterocycles. The molecule has 1 aromatic carbocycles. The molecule has 1 rings (SSSR count). The number of nitrogens with zero attached hydrogens (tertiary/aromatic N) is 1. The fourth-order valence-corrected chi connectivity index (χ4v) is 1.64. The Balaban J connectivity index is 3.02. The Morgan fingerprint density at radius 1 is 1.13 bits per heavy atom. The van der Waals surface area contributed by atoms with Gasteiger partial charge in [0.2, 0.25) is 0 Å². The zero-order chi connectivity index (χ0) is 11.3. The standard InChI is InChI=1S/C14H19N/c1-5-9-15(10-6-2)14-11-12(3)7-8-13(14)4/h5-8,11H,1-2,9-10H2,3-4H3. The third-order valence-electron chi connectivity index (χ3n) is 2.40. The normalized spacial score (nSPS) is 9.73. The molecular weight excluding hydrogens is 182 g/mol. The van der Waals surface area contributed by atoms with Crippen LogP contribution in [0.1, 0.15) is 11.1 Å². The van der Waals surface area contributed by atoms with Crippen molar-refractivity contribution in [2.24, 2.45) is 0 Å². The van der Waals surface area contributed by atoms with Crippen molar-refractivity contribution in [3.63, 3.8) is 0 Å². The van der Waals surface area contributed by atoms with Crippen molar-refractivity contribution in [2.45, 2.75) is 13.8 Å². The van der Waals surface area contributed by atoms with E-state index >= 15 is 0 Å². The Bertz CT molecular complexity index is 342. The number of hydrogen-bond acceptors (Lipinski definition) is 1. The highest BCUT2D eigenvalue weighted by atomic mass is 15.1. The number of benzene rings is 1. The molecule has 0 heterocycles. The topological polar surface area (TPSA) is 3.24 Å². The number of rotatable bonds is 5. The molecule has 0 N–H and O–H groups in total. The zero-order valence-corrected chi connectivity index (χ0v) is 9.66. The minimum absolute atomic E-state index is 0.857. The molecule has 1 nitrogen and oxygen atoms in total. The van der Waals surface area contributed by atoms with E-state index in [2.05, 4.69) is 50.1 Å². The molecule has 0 unspecified atom stereocenters. The van der Waals surface area contributed by atoms with E-state index in [1.807, 2.05) is 12.2 Å². The monoisotopic (exact) mass is 201 g/mol. The highest BCUT2D eigenvalue weighted by Crippen LogP contribution is 2.21. The Morgan fingerprint density at radius 3 is 2.27 bits per heavy atom. The molecule has 80 valence electrons. The summed E-state index contributed by atoms with van der Waals surface area (Å²) in [6.07, 6.45) is 3.84. The summed E-state index contributed by atoms with van der Waals surface area (Å²) in [4.78, 5) is 2.27. The quantitative estimate of drug-likeness (QED) is 0.659. The Hall–Kier alpha value is -1.50. The minimum Gasteiger partial charge on any atom is -0.364 e. The van der Waals surface area contributed by atoms with Crippen LogP contribution >= 0.6 is 0 Å². The van der Waals surface area contributed by atoms with Gasteiger partial charge in [0.25, 0.3) is 0 Å². The smallest absolute Gasteiger partial charge is 0.0404 e.